The Morgan fingerprint density at radius 3 is 3.20 bits per heavy atom. The first-order chi connectivity index (χ1) is 7.22. The number of fused-ring (bicyclic) bond motifs is 1. The van der Waals surface area contributed by atoms with E-state index < -0.39 is 0 Å². The Balaban J connectivity index is 2.43. The van der Waals surface area contributed by atoms with Crippen molar-refractivity contribution in [2.24, 2.45) is 5.73 Å². The first-order valence-corrected chi connectivity index (χ1v) is 4.56. The standard InChI is InChI=1S/C8H12N6O/c1-13(3-2-9)6-4-7-11-12-8(15)14(7)5-10-6/h4-5H,2-3,9H2,1H3,(H,12,15). The van der Waals surface area contributed by atoms with Gasteiger partial charge in [-0.1, -0.05) is 0 Å². The van der Waals surface area contributed by atoms with Crippen LogP contribution >= 0.6 is 0 Å². The smallest absolute Gasteiger partial charge is 0.348 e. The van der Waals surface area contributed by atoms with E-state index in [4.69, 9.17) is 5.73 Å². The number of H-pyrrole nitrogens is 1. The Hall–Kier alpha value is -1.89. The second-order valence-corrected chi connectivity index (χ2v) is 3.21. The number of rotatable bonds is 3. The summed E-state index contributed by atoms with van der Waals surface area (Å²) in [5.41, 5.74) is 5.70. The van der Waals surface area contributed by atoms with Crippen molar-refractivity contribution in [3.63, 3.8) is 0 Å². The molecule has 0 bridgehead atoms. The van der Waals surface area contributed by atoms with Gasteiger partial charge in [-0.2, -0.15) is 5.10 Å². The molecule has 2 heterocycles. The zero-order valence-electron chi connectivity index (χ0n) is 8.34. The number of nitrogens with two attached hydrogens (primary N) is 1. The summed E-state index contributed by atoms with van der Waals surface area (Å²) in [5, 5.41) is 6.20. The van der Waals surface area contributed by atoms with Crippen molar-refractivity contribution in [2.75, 3.05) is 25.0 Å². The summed E-state index contributed by atoms with van der Waals surface area (Å²) in [6.45, 7) is 1.26. The van der Waals surface area contributed by atoms with Crippen molar-refractivity contribution in [1.82, 2.24) is 19.6 Å². The van der Waals surface area contributed by atoms with Crippen LogP contribution in [-0.2, 0) is 0 Å². The lowest BCUT2D eigenvalue weighted by atomic mass is 10.5. The molecule has 7 nitrogen and oxygen atoms in total. The monoisotopic (exact) mass is 208 g/mol. The maximum atomic E-state index is 11.2. The molecule has 15 heavy (non-hydrogen) atoms. The van der Waals surface area contributed by atoms with E-state index in [1.807, 2.05) is 11.9 Å². The van der Waals surface area contributed by atoms with Crippen LogP contribution in [0.5, 0.6) is 0 Å². The highest BCUT2D eigenvalue weighted by Gasteiger charge is 2.05. The fourth-order valence-corrected chi connectivity index (χ4v) is 1.32. The summed E-state index contributed by atoms with van der Waals surface area (Å²) < 4.78 is 1.35. The lowest BCUT2D eigenvalue weighted by molar-refractivity contribution is 0.860. The van der Waals surface area contributed by atoms with Crippen molar-refractivity contribution in [3.8, 4) is 0 Å². The lowest BCUT2D eigenvalue weighted by Crippen LogP contribution is -2.26. The first-order valence-electron chi connectivity index (χ1n) is 4.56. The van der Waals surface area contributed by atoms with E-state index in [0.29, 0.717) is 18.7 Å². The lowest BCUT2D eigenvalue weighted by Gasteiger charge is -2.16. The fourth-order valence-electron chi connectivity index (χ4n) is 1.32. The number of hydrogen-bond donors (Lipinski definition) is 2. The molecule has 80 valence electrons. The van der Waals surface area contributed by atoms with Gasteiger partial charge < -0.3 is 10.6 Å². The maximum Gasteiger partial charge on any atom is 0.348 e. The molecule has 0 amide bonds. The maximum absolute atomic E-state index is 11.2. The predicted octanol–water partition coefficient (Wildman–Crippen LogP) is -1.19. The van der Waals surface area contributed by atoms with E-state index in [-0.39, 0.29) is 5.69 Å². The molecule has 0 aliphatic rings. The summed E-state index contributed by atoms with van der Waals surface area (Å²) in [6, 6.07) is 1.73. The highest BCUT2D eigenvalue weighted by Crippen LogP contribution is 2.08. The summed E-state index contributed by atoms with van der Waals surface area (Å²) >= 11 is 0. The molecule has 0 unspecified atom stereocenters. The van der Waals surface area contributed by atoms with Gasteiger partial charge in [0.2, 0.25) is 0 Å². The topological polar surface area (TPSA) is 92.3 Å². The molecule has 0 spiro atoms. The minimum absolute atomic E-state index is 0.287. The van der Waals surface area contributed by atoms with Gasteiger partial charge in [-0.15, -0.1) is 0 Å². The van der Waals surface area contributed by atoms with E-state index in [9.17, 15) is 4.79 Å². The van der Waals surface area contributed by atoms with E-state index in [0.717, 1.165) is 5.82 Å². The van der Waals surface area contributed by atoms with E-state index in [2.05, 4.69) is 15.2 Å². The van der Waals surface area contributed by atoms with Crippen LogP contribution in [0.4, 0.5) is 5.82 Å². The molecule has 0 saturated heterocycles. The van der Waals surface area contributed by atoms with Gasteiger partial charge >= 0.3 is 5.69 Å². The zero-order chi connectivity index (χ0) is 10.8. The molecule has 0 atom stereocenters. The largest absolute Gasteiger partial charge is 0.358 e. The molecule has 3 N–H and O–H groups in total. The van der Waals surface area contributed by atoms with Gasteiger partial charge in [-0.25, -0.2) is 19.3 Å². The summed E-state index contributed by atoms with van der Waals surface area (Å²) in [5.74, 6) is 0.743. The molecule has 0 aliphatic heterocycles. The number of nitrogens with zero attached hydrogens (tertiary/aromatic N) is 4. The summed E-state index contributed by atoms with van der Waals surface area (Å²) in [7, 11) is 1.89. The van der Waals surface area contributed by atoms with Crippen LogP contribution in [0.2, 0.25) is 0 Å². The molecule has 0 aromatic carbocycles. The molecule has 2 rings (SSSR count). The fraction of sp³-hybridized carbons (Fsp3) is 0.375. The average Bonchev–Trinajstić information content (AvgIpc) is 2.60. The van der Waals surface area contributed by atoms with Crippen molar-refractivity contribution in [2.45, 2.75) is 0 Å². The Morgan fingerprint density at radius 1 is 1.67 bits per heavy atom. The minimum atomic E-state index is -0.287. The van der Waals surface area contributed by atoms with Crippen LogP contribution in [0.25, 0.3) is 5.65 Å². The average molecular weight is 208 g/mol. The number of anilines is 1. The van der Waals surface area contributed by atoms with Crippen molar-refractivity contribution >= 4 is 11.5 Å². The van der Waals surface area contributed by atoms with Crippen LogP contribution in [0.1, 0.15) is 0 Å². The normalized spacial score (nSPS) is 10.8. The van der Waals surface area contributed by atoms with Gasteiger partial charge in [0.05, 0.1) is 0 Å². The van der Waals surface area contributed by atoms with Crippen LogP contribution in [0, 0.1) is 0 Å². The third-order valence-corrected chi connectivity index (χ3v) is 2.15. The van der Waals surface area contributed by atoms with Gasteiger partial charge in [-0.3, -0.25) is 0 Å². The van der Waals surface area contributed by atoms with Gasteiger partial charge in [0.25, 0.3) is 0 Å². The third kappa shape index (κ3) is 1.68. The van der Waals surface area contributed by atoms with Crippen LogP contribution in [0.3, 0.4) is 0 Å². The highest BCUT2D eigenvalue weighted by molar-refractivity contribution is 5.49. The molecule has 0 fully saturated rings. The Morgan fingerprint density at radius 2 is 2.47 bits per heavy atom. The second kappa shape index (κ2) is 3.70. The molecular formula is C8H12N6O. The summed E-state index contributed by atoms with van der Waals surface area (Å²) in [6.07, 6.45) is 1.45. The molecule has 0 radical (unpaired) electrons. The minimum Gasteiger partial charge on any atom is -0.358 e. The van der Waals surface area contributed by atoms with E-state index in [1.54, 1.807) is 6.07 Å². The van der Waals surface area contributed by atoms with Crippen LogP contribution in [0.15, 0.2) is 17.2 Å². The third-order valence-electron chi connectivity index (χ3n) is 2.15. The molecule has 0 aliphatic carbocycles. The molecule has 7 heteroatoms. The quantitative estimate of drug-likeness (QED) is 0.661. The van der Waals surface area contributed by atoms with Gasteiger partial charge in [0, 0.05) is 26.2 Å². The molecule has 2 aromatic rings. The molecule has 2 aromatic heterocycles. The highest BCUT2D eigenvalue weighted by atomic mass is 16.1. The second-order valence-electron chi connectivity index (χ2n) is 3.21. The van der Waals surface area contributed by atoms with Crippen molar-refractivity contribution < 1.29 is 0 Å². The van der Waals surface area contributed by atoms with E-state index >= 15 is 0 Å². The van der Waals surface area contributed by atoms with Gasteiger partial charge in [0.15, 0.2) is 5.65 Å². The van der Waals surface area contributed by atoms with Crippen molar-refractivity contribution in [3.05, 3.63) is 22.9 Å². The van der Waals surface area contributed by atoms with Crippen molar-refractivity contribution in [1.29, 1.82) is 0 Å². The Kier molecular flexibility index (Phi) is 2.38. The van der Waals surface area contributed by atoms with Gasteiger partial charge in [0.1, 0.15) is 12.1 Å². The number of likely N-dealkylation sites (N-methyl/N-ethyl adjacent to an activating group) is 1. The van der Waals surface area contributed by atoms with Crippen LogP contribution in [-0.4, -0.2) is 39.7 Å². The number of aromatic nitrogens is 4. The first kappa shape index (κ1) is 9.66. The Bertz CT molecular complexity index is 515. The SMILES string of the molecule is CN(CCN)c1cc2n[nH]c(=O)n2cn1. The zero-order valence-corrected chi connectivity index (χ0v) is 8.34. The number of aromatic amines is 1. The number of hydrogen-bond acceptors (Lipinski definition) is 5. The number of nitrogens with one attached hydrogen (secondary N) is 1. The van der Waals surface area contributed by atoms with Gasteiger partial charge in [-0.05, 0) is 0 Å². The van der Waals surface area contributed by atoms with Crippen LogP contribution < -0.4 is 16.3 Å². The molecule has 0 saturated carbocycles. The predicted molar refractivity (Wildman–Crippen MR) is 55.9 cm³/mol. The summed E-state index contributed by atoms with van der Waals surface area (Å²) in [4.78, 5) is 17.2. The van der Waals surface area contributed by atoms with E-state index in [1.165, 1.54) is 10.7 Å². The molecular weight excluding hydrogens is 196 g/mol. The Labute approximate surface area is 85.5 Å².